The summed E-state index contributed by atoms with van der Waals surface area (Å²) in [6.45, 7) is 3.21. The van der Waals surface area contributed by atoms with E-state index >= 15 is 0 Å². The first-order valence-electron chi connectivity index (χ1n) is 5.74. The Morgan fingerprint density at radius 3 is 2.78 bits per heavy atom. The number of methoxy groups -OCH3 is 1. The molecule has 0 saturated heterocycles. The summed E-state index contributed by atoms with van der Waals surface area (Å²) in [5, 5.41) is 3.16. The van der Waals surface area contributed by atoms with E-state index < -0.39 is 10.0 Å². The van der Waals surface area contributed by atoms with Gasteiger partial charge in [-0.15, -0.1) is 0 Å². The maximum atomic E-state index is 11.5. The van der Waals surface area contributed by atoms with Gasteiger partial charge in [0.2, 0.25) is 5.09 Å². The minimum atomic E-state index is -3.49. The fourth-order valence-corrected chi connectivity index (χ4v) is 2.03. The molecule has 0 fully saturated rings. The lowest BCUT2D eigenvalue weighted by molar-refractivity contribution is 0.184. The number of ether oxygens (including phenoxy) is 1. The molecule has 0 radical (unpaired) electrons. The molecule has 2 N–H and O–H groups in total. The predicted octanol–water partition coefficient (Wildman–Crippen LogP) is 0.702. The predicted molar refractivity (Wildman–Crippen MR) is 67.7 cm³/mol. The Morgan fingerprint density at radius 1 is 1.44 bits per heavy atom. The van der Waals surface area contributed by atoms with Crippen molar-refractivity contribution in [1.82, 2.24) is 10.0 Å². The van der Waals surface area contributed by atoms with Gasteiger partial charge in [-0.25, -0.2) is 13.1 Å². The van der Waals surface area contributed by atoms with Crippen LogP contribution in [0.1, 0.15) is 19.1 Å². The normalized spacial score (nSPS) is 13.7. The summed E-state index contributed by atoms with van der Waals surface area (Å²) in [5.74, 6) is 0.591. The zero-order valence-corrected chi connectivity index (χ0v) is 11.7. The minimum absolute atomic E-state index is 0.0636. The third kappa shape index (κ3) is 4.41. The van der Waals surface area contributed by atoms with Crippen molar-refractivity contribution in [2.45, 2.75) is 31.0 Å². The highest BCUT2D eigenvalue weighted by atomic mass is 32.2. The molecule has 1 heterocycles. The second-order valence-corrected chi connectivity index (χ2v) is 5.81. The number of nitrogens with one attached hydrogen (secondary N) is 2. The Bertz CT molecular complexity index is 455. The molecule has 0 saturated carbocycles. The number of hydrogen-bond donors (Lipinski definition) is 2. The molecular formula is C11H20N2O4S. The molecule has 1 rings (SSSR count). The molecule has 1 unspecified atom stereocenters. The Labute approximate surface area is 108 Å². The van der Waals surface area contributed by atoms with Crippen LogP contribution in [0.15, 0.2) is 21.6 Å². The molecule has 1 atom stereocenters. The van der Waals surface area contributed by atoms with Crippen LogP contribution in [0.25, 0.3) is 0 Å². The van der Waals surface area contributed by atoms with E-state index in [9.17, 15) is 8.42 Å². The molecular weight excluding hydrogens is 256 g/mol. The highest BCUT2D eigenvalue weighted by Crippen LogP contribution is 2.13. The van der Waals surface area contributed by atoms with Crippen molar-refractivity contribution in [3.63, 3.8) is 0 Å². The van der Waals surface area contributed by atoms with Crippen LogP contribution in [-0.4, -0.2) is 35.2 Å². The number of sulfonamides is 1. The molecule has 104 valence electrons. The standard InChI is InChI=1S/C11H20N2O4S/c1-9(6-7-16-3)13-8-10-4-5-11(17-10)18(14,15)12-2/h4-5,9,12-13H,6-8H2,1-3H3. The van der Waals surface area contributed by atoms with Crippen molar-refractivity contribution in [3.05, 3.63) is 17.9 Å². The first kappa shape index (κ1) is 15.2. The number of hydrogen-bond acceptors (Lipinski definition) is 5. The minimum Gasteiger partial charge on any atom is -0.447 e. The monoisotopic (exact) mass is 276 g/mol. The van der Waals surface area contributed by atoms with Crippen LogP contribution >= 0.6 is 0 Å². The first-order chi connectivity index (χ1) is 8.49. The summed E-state index contributed by atoms with van der Waals surface area (Å²) >= 11 is 0. The molecule has 1 aromatic rings. The van der Waals surface area contributed by atoms with Gasteiger partial charge < -0.3 is 14.5 Å². The van der Waals surface area contributed by atoms with Crippen molar-refractivity contribution in [3.8, 4) is 0 Å². The molecule has 0 aliphatic heterocycles. The van der Waals surface area contributed by atoms with Crippen LogP contribution in [0.3, 0.4) is 0 Å². The lowest BCUT2D eigenvalue weighted by Gasteiger charge is -2.11. The highest BCUT2D eigenvalue weighted by Gasteiger charge is 2.16. The summed E-state index contributed by atoms with van der Waals surface area (Å²) in [6.07, 6.45) is 0.888. The van der Waals surface area contributed by atoms with Crippen molar-refractivity contribution < 1.29 is 17.6 Å². The Kier molecular flexibility index (Phi) is 5.80. The van der Waals surface area contributed by atoms with E-state index in [1.165, 1.54) is 13.1 Å². The van der Waals surface area contributed by atoms with Crippen molar-refractivity contribution in [1.29, 1.82) is 0 Å². The van der Waals surface area contributed by atoms with E-state index in [2.05, 4.69) is 10.0 Å². The zero-order chi connectivity index (χ0) is 13.6. The van der Waals surface area contributed by atoms with Crippen LogP contribution in [0.4, 0.5) is 0 Å². The van der Waals surface area contributed by atoms with Crippen LogP contribution in [0.2, 0.25) is 0 Å². The van der Waals surface area contributed by atoms with Gasteiger partial charge in [0.15, 0.2) is 0 Å². The fourth-order valence-electron chi connectivity index (χ4n) is 1.37. The largest absolute Gasteiger partial charge is 0.447 e. The van der Waals surface area contributed by atoms with Gasteiger partial charge >= 0.3 is 0 Å². The van der Waals surface area contributed by atoms with Gasteiger partial charge in [-0.1, -0.05) is 0 Å². The Hall–Kier alpha value is -0.890. The van der Waals surface area contributed by atoms with E-state index in [0.717, 1.165) is 6.42 Å². The second kappa shape index (κ2) is 6.89. The first-order valence-corrected chi connectivity index (χ1v) is 7.22. The number of rotatable bonds is 8. The molecule has 7 heteroatoms. The summed E-state index contributed by atoms with van der Waals surface area (Å²) in [4.78, 5) is 0. The Morgan fingerprint density at radius 2 is 2.17 bits per heavy atom. The SMILES string of the molecule is CNS(=O)(=O)c1ccc(CNC(C)CCOC)o1. The van der Waals surface area contributed by atoms with Crippen molar-refractivity contribution in [2.24, 2.45) is 0 Å². The lowest BCUT2D eigenvalue weighted by atomic mass is 10.2. The van der Waals surface area contributed by atoms with Gasteiger partial charge in [0.1, 0.15) is 5.76 Å². The van der Waals surface area contributed by atoms with Gasteiger partial charge in [0, 0.05) is 19.8 Å². The average molecular weight is 276 g/mol. The van der Waals surface area contributed by atoms with Crippen LogP contribution in [0, 0.1) is 0 Å². The van der Waals surface area contributed by atoms with Crippen molar-refractivity contribution in [2.75, 3.05) is 20.8 Å². The van der Waals surface area contributed by atoms with E-state index in [0.29, 0.717) is 18.9 Å². The van der Waals surface area contributed by atoms with Crippen LogP contribution in [0.5, 0.6) is 0 Å². The molecule has 6 nitrogen and oxygen atoms in total. The van der Waals surface area contributed by atoms with Crippen LogP contribution in [-0.2, 0) is 21.3 Å². The van der Waals surface area contributed by atoms with Gasteiger partial charge in [-0.05, 0) is 32.5 Å². The molecule has 0 aliphatic carbocycles. The molecule has 1 aromatic heterocycles. The van der Waals surface area contributed by atoms with E-state index in [-0.39, 0.29) is 11.1 Å². The summed E-state index contributed by atoms with van der Waals surface area (Å²) in [5.41, 5.74) is 0. The van der Waals surface area contributed by atoms with Crippen LogP contribution < -0.4 is 10.0 Å². The second-order valence-electron chi connectivity index (χ2n) is 3.99. The van der Waals surface area contributed by atoms with Gasteiger partial charge in [-0.2, -0.15) is 0 Å². The molecule has 0 amide bonds. The maximum absolute atomic E-state index is 11.5. The lowest BCUT2D eigenvalue weighted by Crippen LogP contribution is -2.26. The summed E-state index contributed by atoms with van der Waals surface area (Å²) in [6, 6.07) is 3.38. The Balaban J connectivity index is 2.50. The van der Waals surface area contributed by atoms with E-state index in [1.54, 1.807) is 13.2 Å². The average Bonchev–Trinajstić information content (AvgIpc) is 2.83. The topological polar surface area (TPSA) is 80.6 Å². The highest BCUT2D eigenvalue weighted by molar-refractivity contribution is 7.89. The van der Waals surface area contributed by atoms with Crippen molar-refractivity contribution >= 4 is 10.0 Å². The smallest absolute Gasteiger partial charge is 0.273 e. The van der Waals surface area contributed by atoms with E-state index in [4.69, 9.17) is 9.15 Å². The van der Waals surface area contributed by atoms with E-state index in [1.807, 2.05) is 6.92 Å². The van der Waals surface area contributed by atoms with Gasteiger partial charge in [-0.3, -0.25) is 0 Å². The van der Waals surface area contributed by atoms with Gasteiger partial charge in [0.25, 0.3) is 10.0 Å². The zero-order valence-electron chi connectivity index (χ0n) is 10.9. The molecule has 0 aliphatic rings. The summed E-state index contributed by atoms with van der Waals surface area (Å²) in [7, 11) is -0.484. The summed E-state index contributed by atoms with van der Waals surface area (Å²) < 4.78 is 35.3. The molecule has 0 aromatic carbocycles. The molecule has 0 spiro atoms. The number of furan rings is 1. The quantitative estimate of drug-likeness (QED) is 0.730. The maximum Gasteiger partial charge on any atom is 0.273 e. The van der Waals surface area contributed by atoms with Gasteiger partial charge in [0.05, 0.1) is 6.54 Å². The third-order valence-electron chi connectivity index (χ3n) is 2.55. The molecule has 18 heavy (non-hydrogen) atoms. The fraction of sp³-hybridized carbons (Fsp3) is 0.636. The third-order valence-corrected chi connectivity index (χ3v) is 3.84. The molecule has 0 bridgehead atoms.